The van der Waals surface area contributed by atoms with Crippen molar-refractivity contribution in [2.75, 3.05) is 7.11 Å². The molecule has 0 saturated heterocycles. The van der Waals surface area contributed by atoms with Gasteiger partial charge in [-0.1, -0.05) is 6.92 Å². The van der Waals surface area contributed by atoms with Crippen LogP contribution in [0.4, 0.5) is 0 Å². The van der Waals surface area contributed by atoms with E-state index in [0.717, 1.165) is 12.8 Å². The topological polar surface area (TPSA) is 26.3 Å². The fourth-order valence-electron chi connectivity index (χ4n) is 0.591. The molecule has 0 bridgehead atoms. The van der Waals surface area contributed by atoms with Crippen LogP contribution in [0.2, 0.25) is 0 Å². The SMILES string of the molecule is CCC(S)CCC(=O)OC. The molecule has 0 rings (SSSR count). The molecule has 10 heavy (non-hydrogen) atoms. The lowest BCUT2D eigenvalue weighted by molar-refractivity contribution is -0.140. The Morgan fingerprint density at radius 3 is 2.70 bits per heavy atom. The van der Waals surface area contributed by atoms with E-state index in [1.54, 1.807) is 0 Å². The zero-order valence-electron chi connectivity index (χ0n) is 6.46. The molecule has 0 aromatic carbocycles. The van der Waals surface area contributed by atoms with Gasteiger partial charge in [-0.3, -0.25) is 4.79 Å². The molecule has 1 atom stereocenters. The normalized spacial score (nSPS) is 12.7. The number of ether oxygens (including phenoxy) is 1. The monoisotopic (exact) mass is 162 g/mol. The van der Waals surface area contributed by atoms with Crippen molar-refractivity contribution in [1.29, 1.82) is 0 Å². The Labute approximate surface area is 67.4 Å². The molecule has 0 spiro atoms. The van der Waals surface area contributed by atoms with Gasteiger partial charge in [0, 0.05) is 11.7 Å². The van der Waals surface area contributed by atoms with E-state index in [4.69, 9.17) is 0 Å². The number of carbonyl (C=O) groups is 1. The molecule has 0 N–H and O–H groups in total. The lowest BCUT2D eigenvalue weighted by atomic mass is 10.2. The van der Waals surface area contributed by atoms with E-state index in [1.807, 2.05) is 0 Å². The minimum Gasteiger partial charge on any atom is -0.469 e. The Balaban J connectivity index is 3.26. The first-order chi connectivity index (χ1) is 4.70. The Morgan fingerprint density at radius 2 is 2.30 bits per heavy atom. The highest BCUT2D eigenvalue weighted by Gasteiger charge is 2.04. The Hall–Kier alpha value is -0.180. The molecule has 0 heterocycles. The zero-order valence-corrected chi connectivity index (χ0v) is 7.36. The summed E-state index contributed by atoms with van der Waals surface area (Å²) in [5.41, 5.74) is 0. The van der Waals surface area contributed by atoms with Gasteiger partial charge in [0.1, 0.15) is 0 Å². The van der Waals surface area contributed by atoms with E-state index >= 15 is 0 Å². The van der Waals surface area contributed by atoms with E-state index in [1.165, 1.54) is 7.11 Å². The van der Waals surface area contributed by atoms with Crippen LogP contribution in [0.25, 0.3) is 0 Å². The van der Waals surface area contributed by atoms with Crippen molar-refractivity contribution in [1.82, 2.24) is 0 Å². The summed E-state index contributed by atoms with van der Waals surface area (Å²) in [6.07, 6.45) is 2.30. The van der Waals surface area contributed by atoms with Crippen molar-refractivity contribution in [3.05, 3.63) is 0 Å². The van der Waals surface area contributed by atoms with Gasteiger partial charge in [0.05, 0.1) is 7.11 Å². The van der Waals surface area contributed by atoms with Gasteiger partial charge in [0.2, 0.25) is 0 Å². The third kappa shape index (κ3) is 4.68. The molecule has 0 aliphatic heterocycles. The Bertz CT molecular complexity index is 104. The van der Waals surface area contributed by atoms with E-state index < -0.39 is 0 Å². The van der Waals surface area contributed by atoms with Crippen LogP contribution in [0.5, 0.6) is 0 Å². The molecule has 2 nitrogen and oxygen atoms in total. The van der Waals surface area contributed by atoms with Crippen molar-refractivity contribution >= 4 is 18.6 Å². The van der Waals surface area contributed by atoms with Gasteiger partial charge < -0.3 is 4.74 Å². The molecule has 0 saturated carbocycles. The average Bonchev–Trinajstić information content (AvgIpc) is 1.99. The van der Waals surface area contributed by atoms with E-state index in [2.05, 4.69) is 24.3 Å². The summed E-state index contributed by atoms with van der Waals surface area (Å²) in [5, 5.41) is 0.332. The predicted molar refractivity (Wildman–Crippen MR) is 44.3 cm³/mol. The Kier molecular flexibility index (Phi) is 5.49. The molecule has 0 amide bonds. The minimum absolute atomic E-state index is 0.146. The van der Waals surface area contributed by atoms with Crippen LogP contribution in [0.15, 0.2) is 0 Å². The predicted octanol–water partition coefficient (Wildman–Crippen LogP) is 1.65. The summed E-state index contributed by atoms with van der Waals surface area (Å²) in [7, 11) is 1.40. The van der Waals surface area contributed by atoms with Gasteiger partial charge in [-0.05, 0) is 12.8 Å². The van der Waals surface area contributed by atoms with Crippen LogP contribution in [-0.2, 0) is 9.53 Å². The van der Waals surface area contributed by atoms with Crippen molar-refractivity contribution in [3.8, 4) is 0 Å². The maximum atomic E-state index is 10.6. The summed E-state index contributed by atoms with van der Waals surface area (Å²) in [6, 6.07) is 0. The maximum Gasteiger partial charge on any atom is 0.305 e. The quantitative estimate of drug-likeness (QED) is 0.502. The number of carbonyl (C=O) groups excluding carboxylic acids is 1. The molecule has 3 heteroatoms. The van der Waals surface area contributed by atoms with Gasteiger partial charge in [-0.15, -0.1) is 0 Å². The second-order valence-electron chi connectivity index (χ2n) is 2.18. The summed E-state index contributed by atoms with van der Waals surface area (Å²) >= 11 is 4.24. The first kappa shape index (κ1) is 9.82. The third-order valence-corrected chi connectivity index (χ3v) is 2.00. The van der Waals surface area contributed by atoms with Crippen LogP contribution in [0.3, 0.4) is 0 Å². The average molecular weight is 162 g/mol. The molecule has 0 aromatic rings. The molecule has 60 valence electrons. The third-order valence-electron chi connectivity index (χ3n) is 1.38. The van der Waals surface area contributed by atoms with E-state index in [-0.39, 0.29) is 5.97 Å². The Morgan fingerprint density at radius 1 is 1.70 bits per heavy atom. The van der Waals surface area contributed by atoms with Crippen molar-refractivity contribution in [2.45, 2.75) is 31.4 Å². The van der Waals surface area contributed by atoms with Gasteiger partial charge >= 0.3 is 5.97 Å². The number of methoxy groups -OCH3 is 1. The molecule has 0 aliphatic rings. The zero-order chi connectivity index (χ0) is 7.98. The van der Waals surface area contributed by atoms with Crippen LogP contribution >= 0.6 is 12.6 Å². The smallest absolute Gasteiger partial charge is 0.305 e. The van der Waals surface area contributed by atoms with E-state index in [0.29, 0.717) is 11.7 Å². The van der Waals surface area contributed by atoms with Crippen LogP contribution in [-0.4, -0.2) is 18.3 Å². The number of rotatable bonds is 4. The molecular weight excluding hydrogens is 148 g/mol. The summed E-state index contributed by atoms with van der Waals surface area (Å²) in [6.45, 7) is 2.05. The first-order valence-corrected chi connectivity index (χ1v) is 3.97. The number of esters is 1. The van der Waals surface area contributed by atoms with Gasteiger partial charge in [0.25, 0.3) is 0 Å². The molecule has 0 aliphatic carbocycles. The number of thiol groups is 1. The lowest BCUT2D eigenvalue weighted by Crippen LogP contribution is -2.04. The first-order valence-electron chi connectivity index (χ1n) is 3.45. The van der Waals surface area contributed by atoms with Crippen molar-refractivity contribution in [2.24, 2.45) is 0 Å². The fraction of sp³-hybridized carbons (Fsp3) is 0.857. The molecule has 0 radical (unpaired) electrons. The second-order valence-corrected chi connectivity index (χ2v) is 2.91. The fourth-order valence-corrected chi connectivity index (χ4v) is 0.720. The molecule has 0 fully saturated rings. The molecular formula is C7H14O2S. The minimum atomic E-state index is -0.146. The van der Waals surface area contributed by atoms with E-state index in [9.17, 15) is 4.79 Å². The highest BCUT2D eigenvalue weighted by Crippen LogP contribution is 2.08. The largest absolute Gasteiger partial charge is 0.469 e. The summed E-state index contributed by atoms with van der Waals surface area (Å²) < 4.78 is 4.47. The molecule has 0 aromatic heterocycles. The van der Waals surface area contributed by atoms with Gasteiger partial charge in [-0.25, -0.2) is 0 Å². The van der Waals surface area contributed by atoms with Gasteiger partial charge in [0.15, 0.2) is 0 Å². The highest BCUT2D eigenvalue weighted by atomic mass is 32.1. The second kappa shape index (κ2) is 5.59. The lowest BCUT2D eigenvalue weighted by Gasteiger charge is -2.04. The van der Waals surface area contributed by atoms with Crippen LogP contribution in [0.1, 0.15) is 26.2 Å². The summed E-state index contributed by atoms with van der Waals surface area (Å²) in [4.78, 5) is 10.6. The maximum absolute atomic E-state index is 10.6. The summed E-state index contributed by atoms with van der Waals surface area (Å²) in [5.74, 6) is -0.146. The number of hydrogen-bond donors (Lipinski definition) is 1. The number of hydrogen-bond acceptors (Lipinski definition) is 3. The van der Waals surface area contributed by atoms with Crippen LogP contribution in [0, 0.1) is 0 Å². The molecule has 1 unspecified atom stereocenters. The van der Waals surface area contributed by atoms with Crippen molar-refractivity contribution < 1.29 is 9.53 Å². The van der Waals surface area contributed by atoms with Crippen LogP contribution < -0.4 is 0 Å². The standard InChI is InChI=1S/C7H14O2S/c1-3-6(10)4-5-7(8)9-2/h6,10H,3-5H2,1-2H3. The van der Waals surface area contributed by atoms with Gasteiger partial charge in [-0.2, -0.15) is 12.6 Å². The van der Waals surface area contributed by atoms with Crippen molar-refractivity contribution in [3.63, 3.8) is 0 Å². The highest BCUT2D eigenvalue weighted by molar-refractivity contribution is 7.80.